The van der Waals surface area contributed by atoms with E-state index in [4.69, 9.17) is 9.47 Å². The summed E-state index contributed by atoms with van der Waals surface area (Å²) in [5, 5.41) is 20.3. The van der Waals surface area contributed by atoms with Gasteiger partial charge in [-0.05, 0) is 38.5 Å². The highest BCUT2D eigenvalue weighted by molar-refractivity contribution is 7.93. The molecule has 36 heavy (non-hydrogen) atoms. The first-order valence-electron chi connectivity index (χ1n) is 10.7. The second kappa shape index (κ2) is 10.2. The summed E-state index contributed by atoms with van der Waals surface area (Å²) in [5.41, 5.74) is 1.65. The van der Waals surface area contributed by atoms with E-state index < -0.39 is 21.4 Å². The number of aryl methyl sites for hydroxylation is 2. The van der Waals surface area contributed by atoms with Crippen molar-refractivity contribution in [2.75, 3.05) is 18.9 Å². The van der Waals surface area contributed by atoms with Crippen molar-refractivity contribution < 1.29 is 23.0 Å². The summed E-state index contributed by atoms with van der Waals surface area (Å²) >= 11 is 1.41. The van der Waals surface area contributed by atoms with Crippen LogP contribution in [-0.2, 0) is 10.0 Å². The summed E-state index contributed by atoms with van der Waals surface area (Å²) in [4.78, 5) is 12.6. The quantitative estimate of drug-likeness (QED) is 0.329. The van der Waals surface area contributed by atoms with Gasteiger partial charge in [0, 0.05) is 17.8 Å². The van der Waals surface area contributed by atoms with Gasteiger partial charge in [0.05, 0.1) is 19.2 Å². The third-order valence-corrected chi connectivity index (χ3v) is 7.85. The Balaban J connectivity index is 1.81. The van der Waals surface area contributed by atoms with Crippen molar-refractivity contribution >= 4 is 27.3 Å². The van der Waals surface area contributed by atoms with Crippen molar-refractivity contribution in [3.63, 3.8) is 0 Å². The largest absolute Gasteiger partial charge is 0.494 e. The lowest BCUT2D eigenvalue weighted by molar-refractivity contribution is 0.166. The molecule has 0 amide bonds. The number of nitrogens with zero attached hydrogens (tertiary/aromatic N) is 6. The number of anilines is 1. The Morgan fingerprint density at radius 2 is 1.72 bits per heavy atom. The van der Waals surface area contributed by atoms with Crippen molar-refractivity contribution in [3.05, 3.63) is 52.4 Å². The van der Waals surface area contributed by atoms with E-state index in [1.54, 1.807) is 30.5 Å². The van der Waals surface area contributed by atoms with E-state index in [0.717, 1.165) is 10.6 Å². The lowest BCUT2D eigenvalue weighted by atomic mass is 10.2. The van der Waals surface area contributed by atoms with Crippen LogP contribution < -0.4 is 14.2 Å². The van der Waals surface area contributed by atoms with Gasteiger partial charge in [0.2, 0.25) is 16.0 Å². The summed E-state index contributed by atoms with van der Waals surface area (Å²) < 4.78 is 41.7. The normalized spacial score (nSPS) is 13.3. The van der Waals surface area contributed by atoms with Gasteiger partial charge in [0.15, 0.2) is 11.6 Å². The molecule has 2 N–H and O–H groups in total. The van der Waals surface area contributed by atoms with Gasteiger partial charge in [0.1, 0.15) is 34.2 Å². The second-order valence-electron chi connectivity index (χ2n) is 7.86. The first-order valence-corrected chi connectivity index (χ1v) is 13.2. The number of benzene rings is 1. The van der Waals surface area contributed by atoms with Crippen LogP contribution in [0.3, 0.4) is 0 Å². The van der Waals surface area contributed by atoms with Crippen LogP contribution in [0, 0.1) is 13.8 Å². The monoisotopic (exact) mass is 531 g/mol. The van der Waals surface area contributed by atoms with Gasteiger partial charge in [-0.25, -0.2) is 23.4 Å². The molecule has 0 saturated carbocycles. The molecule has 2 atom stereocenters. The number of aliphatic hydroxyl groups excluding tert-OH is 1. The molecule has 0 unspecified atom stereocenters. The molecule has 0 aliphatic rings. The van der Waals surface area contributed by atoms with Crippen molar-refractivity contribution in [1.29, 1.82) is 0 Å². The number of hydrogen-bond donors (Lipinski definition) is 2. The number of sulfonamides is 1. The molecule has 3 heterocycles. The molecule has 3 aromatic heterocycles. The van der Waals surface area contributed by atoms with E-state index >= 15 is 0 Å². The summed E-state index contributed by atoms with van der Waals surface area (Å²) in [7, 11) is -1.24. The van der Waals surface area contributed by atoms with Gasteiger partial charge < -0.3 is 14.6 Å². The smallest absolute Gasteiger partial charge is 0.243 e. The van der Waals surface area contributed by atoms with Gasteiger partial charge in [-0.3, -0.25) is 9.29 Å². The van der Waals surface area contributed by atoms with Crippen LogP contribution >= 0.6 is 11.3 Å². The number of methoxy groups -OCH3 is 2. The van der Waals surface area contributed by atoms with Crippen LogP contribution in [0.25, 0.3) is 17.2 Å². The predicted molar refractivity (Wildman–Crippen MR) is 134 cm³/mol. The molecule has 190 valence electrons. The molecule has 0 aliphatic carbocycles. The number of nitrogens with one attached hydrogen (secondary N) is 1. The lowest BCUT2D eigenvalue weighted by Crippen LogP contribution is -2.32. The molecule has 14 heteroatoms. The number of aliphatic hydroxyl groups is 1. The average Bonchev–Trinajstić information content (AvgIpc) is 3.48. The summed E-state index contributed by atoms with van der Waals surface area (Å²) in [5.74, 6) is 0.912. The number of ether oxygens (including phenoxy) is 2. The third kappa shape index (κ3) is 4.87. The molecule has 4 aromatic rings. The zero-order chi connectivity index (χ0) is 26.0. The van der Waals surface area contributed by atoms with Crippen molar-refractivity contribution in [1.82, 2.24) is 29.7 Å². The highest BCUT2D eigenvalue weighted by Crippen LogP contribution is 2.38. The number of aromatic nitrogens is 6. The molecule has 0 aliphatic heterocycles. The molecule has 1 aromatic carbocycles. The molecule has 0 radical (unpaired) electrons. The highest BCUT2D eigenvalue weighted by Gasteiger charge is 2.34. The van der Waals surface area contributed by atoms with Gasteiger partial charge in [0.25, 0.3) is 0 Å². The summed E-state index contributed by atoms with van der Waals surface area (Å²) in [6.07, 6.45) is 1.52. The van der Waals surface area contributed by atoms with Crippen molar-refractivity contribution in [2.45, 2.75) is 32.1 Å². The Labute approximate surface area is 212 Å². The zero-order valence-corrected chi connectivity index (χ0v) is 21.8. The Hall–Kier alpha value is -3.62. The third-order valence-electron chi connectivity index (χ3n) is 5.37. The van der Waals surface area contributed by atoms with Crippen LogP contribution in [0.1, 0.15) is 29.4 Å². The van der Waals surface area contributed by atoms with E-state index in [2.05, 4.69) is 29.9 Å². The standard InChI is InChI=1S/C22H25N7O5S2/c1-12-9-23-20(24-10-12)19(30)13(2)36(31,32)28-22-27-26-21(15-11-35-14(3)25-15)29(22)18-16(33-4)7-6-8-17(18)34-5/h6-11,13,19,30H,1-5H3,(H,27,28)/t13-,19-/m0/s1. The van der Waals surface area contributed by atoms with E-state index in [0.29, 0.717) is 22.9 Å². The molecule has 0 saturated heterocycles. The summed E-state index contributed by atoms with van der Waals surface area (Å²) in [6.45, 7) is 4.99. The maximum Gasteiger partial charge on any atom is 0.243 e. The minimum absolute atomic E-state index is 0.00928. The first kappa shape index (κ1) is 25.5. The molecular weight excluding hydrogens is 506 g/mol. The van der Waals surface area contributed by atoms with E-state index in [-0.39, 0.29) is 17.6 Å². The topological polar surface area (TPSA) is 154 Å². The lowest BCUT2D eigenvalue weighted by Gasteiger charge is -2.20. The molecule has 0 fully saturated rings. The maximum atomic E-state index is 13.3. The van der Waals surface area contributed by atoms with Crippen molar-refractivity contribution in [2.24, 2.45) is 0 Å². The van der Waals surface area contributed by atoms with Crippen LogP contribution in [0.4, 0.5) is 5.95 Å². The van der Waals surface area contributed by atoms with Crippen LogP contribution in [0.2, 0.25) is 0 Å². The average molecular weight is 532 g/mol. The van der Waals surface area contributed by atoms with E-state index in [1.807, 2.05) is 6.92 Å². The SMILES string of the molecule is COc1cccc(OC)c1-n1c(NS(=O)(=O)[C@@H](C)[C@H](O)c2ncc(C)cn2)nnc1-c1csc(C)n1. The number of para-hydroxylation sites is 1. The van der Waals surface area contributed by atoms with Gasteiger partial charge in [-0.1, -0.05) is 6.07 Å². The van der Waals surface area contributed by atoms with E-state index in [9.17, 15) is 13.5 Å². The van der Waals surface area contributed by atoms with Gasteiger partial charge in [-0.15, -0.1) is 21.5 Å². The minimum atomic E-state index is -4.21. The van der Waals surface area contributed by atoms with Gasteiger partial charge >= 0.3 is 0 Å². The fourth-order valence-electron chi connectivity index (χ4n) is 3.40. The molecular formula is C22H25N7O5S2. The Kier molecular flexibility index (Phi) is 7.19. The van der Waals surface area contributed by atoms with Crippen LogP contribution in [-0.4, -0.2) is 62.7 Å². The molecule has 0 bridgehead atoms. The predicted octanol–water partition coefficient (Wildman–Crippen LogP) is 2.68. The fourth-order valence-corrected chi connectivity index (χ4v) is 5.03. The Bertz CT molecular complexity index is 1450. The maximum absolute atomic E-state index is 13.3. The first-order chi connectivity index (χ1) is 17.2. The number of rotatable bonds is 9. The zero-order valence-electron chi connectivity index (χ0n) is 20.2. The number of thiazole rings is 1. The number of hydrogen-bond acceptors (Lipinski definition) is 11. The van der Waals surface area contributed by atoms with Crippen LogP contribution in [0.15, 0.2) is 36.0 Å². The van der Waals surface area contributed by atoms with Crippen molar-refractivity contribution in [3.8, 4) is 28.7 Å². The molecule has 0 spiro atoms. The second-order valence-corrected chi connectivity index (χ2v) is 11.0. The Morgan fingerprint density at radius 1 is 1.08 bits per heavy atom. The molecule has 12 nitrogen and oxygen atoms in total. The summed E-state index contributed by atoms with van der Waals surface area (Å²) in [6, 6.07) is 5.14. The Morgan fingerprint density at radius 3 is 2.28 bits per heavy atom. The highest BCUT2D eigenvalue weighted by atomic mass is 32.2. The van der Waals surface area contributed by atoms with Gasteiger partial charge in [-0.2, -0.15) is 0 Å². The van der Waals surface area contributed by atoms with E-state index in [1.165, 1.54) is 49.4 Å². The fraction of sp³-hybridized carbons (Fsp3) is 0.318. The van der Waals surface area contributed by atoms with Crippen LogP contribution in [0.5, 0.6) is 11.5 Å². The minimum Gasteiger partial charge on any atom is -0.494 e. The molecule has 4 rings (SSSR count).